The summed E-state index contributed by atoms with van der Waals surface area (Å²) in [6.45, 7) is 2.15. The van der Waals surface area contributed by atoms with Crippen LogP contribution >= 0.6 is 11.3 Å². The van der Waals surface area contributed by atoms with Crippen molar-refractivity contribution in [2.24, 2.45) is 0 Å². The highest BCUT2D eigenvalue weighted by molar-refractivity contribution is 7.14. The van der Waals surface area contributed by atoms with E-state index in [1.807, 2.05) is 24.3 Å². The summed E-state index contributed by atoms with van der Waals surface area (Å²) in [5.74, 6) is 1.31. The standard InChI is InChI=1S/C17H18N2O3S/c20-17(16-6-5-15(23-16)12-2-1-7-18-12)19-11-3-4-13-14(10-11)22-9-8-21-13/h3-6,10,12,18H,1-2,7-9H2,(H,19,20). The summed E-state index contributed by atoms with van der Waals surface area (Å²) in [7, 11) is 0. The summed E-state index contributed by atoms with van der Waals surface area (Å²) < 4.78 is 11.0. The minimum atomic E-state index is -0.0871. The molecule has 1 atom stereocenters. The first-order chi connectivity index (χ1) is 11.3. The van der Waals surface area contributed by atoms with Crippen LogP contribution in [0.1, 0.15) is 33.4 Å². The third-order valence-electron chi connectivity index (χ3n) is 4.05. The van der Waals surface area contributed by atoms with Crippen molar-refractivity contribution in [3.63, 3.8) is 0 Å². The van der Waals surface area contributed by atoms with Gasteiger partial charge >= 0.3 is 0 Å². The van der Waals surface area contributed by atoms with E-state index in [2.05, 4.69) is 10.6 Å². The number of amides is 1. The Morgan fingerprint density at radius 2 is 2.04 bits per heavy atom. The summed E-state index contributed by atoms with van der Waals surface area (Å²) in [6.07, 6.45) is 2.34. The van der Waals surface area contributed by atoms with E-state index in [4.69, 9.17) is 9.47 Å². The fourth-order valence-electron chi connectivity index (χ4n) is 2.90. The van der Waals surface area contributed by atoms with E-state index >= 15 is 0 Å². The van der Waals surface area contributed by atoms with E-state index in [1.54, 1.807) is 17.4 Å². The molecule has 1 aromatic heterocycles. The van der Waals surface area contributed by atoms with Crippen molar-refractivity contribution < 1.29 is 14.3 Å². The Labute approximate surface area is 138 Å². The lowest BCUT2D eigenvalue weighted by atomic mass is 10.2. The highest BCUT2D eigenvalue weighted by Gasteiger charge is 2.20. The number of carbonyl (C=O) groups excluding carboxylic acids is 1. The van der Waals surface area contributed by atoms with Crippen LogP contribution in [-0.4, -0.2) is 25.7 Å². The summed E-state index contributed by atoms with van der Waals surface area (Å²) in [6, 6.07) is 9.81. The van der Waals surface area contributed by atoms with Crippen molar-refractivity contribution in [2.75, 3.05) is 25.1 Å². The van der Waals surface area contributed by atoms with Crippen molar-refractivity contribution in [3.8, 4) is 11.5 Å². The van der Waals surface area contributed by atoms with Crippen LogP contribution in [0.3, 0.4) is 0 Å². The predicted octanol–water partition coefficient (Wildman–Crippen LogP) is 3.20. The molecule has 4 rings (SSSR count). The van der Waals surface area contributed by atoms with Crippen LogP contribution < -0.4 is 20.1 Å². The fraction of sp³-hybridized carbons (Fsp3) is 0.353. The van der Waals surface area contributed by atoms with Crippen LogP contribution in [0, 0.1) is 0 Å². The molecule has 0 spiro atoms. The SMILES string of the molecule is O=C(Nc1ccc2c(c1)OCCO2)c1ccc(C2CCCN2)s1. The molecule has 2 aliphatic rings. The van der Waals surface area contributed by atoms with Gasteiger partial charge in [0.25, 0.3) is 5.91 Å². The van der Waals surface area contributed by atoms with Gasteiger partial charge in [-0.05, 0) is 43.7 Å². The number of nitrogens with one attached hydrogen (secondary N) is 2. The van der Waals surface area contributed by atoms with Gasteiger partial charge < -0.3 is 20.1 Å². The molecule has 2 N–H and O–H groups in total. The van der Waals surface area contributed by atoms with E-state index in [-0.39, 0.29) is 5.91 Å². The smallest absolute Gasteiger partial charge is 0.265 e. The lowest BCUT2D eigenvalue weighted by Crippen LogP contribution is -2.16. The number of hydrogen-bond donors (Lipinski definition) is 2. The largest absolute Gasteiger partial charge is 0.486 e. The van der Waals surface area contributed by atoms with Crippen LogP contribution in [0.15, 0.2) is 30.3 Å². The zero-order valence-electron chi connectivity index (χ0n) is 12.6. The van der Waals surface area contributed by atoms with Crippen LogP contribution in [0.4, 0.5) is 5.69 Å². The molecule has 2 aromatic rings. The first-order valence-electron chi connectivity index (χ1n) is 7.84. The number of hydrogen-bond acceptors (Lipinski definition) is 5. The molecular weight excluding hydrogens is 312 g/mol. The minimum absolute atomic E-state index is 0.0871. The first-order valence-corrected chi connectivity index (χ1v) is 8.65. The van der Waals surface area contributed by atoms with Gasteiger partial charge in [0.15, 0.2) is 11.5 Å². The van der Waals surface area contributed by atoms with Gasteiger partial charge in [0, 0.05) is 22.7 Å². The molecule has 5 nitrogen and oxygen atoms in total. The lowest BCUT2D eigenvalue weighted by molar-refractivity contribution is 0.103. The van der Waals surface area contributed by atoms with Gasteiger partial charge in [0.05, 0.1) is 4.88 Å². The molecule has 1 amide bonds. The van der Waals surface area contributed by atoms with Crippen LogP contribution in [0.5, 0.6) is 11.5 Å². The quantitative estimate of drug-likeness (QED) is 0.907. The van der Waals surface area contributed by atoms with E-state index in [0.717, 1.165) is 23.6 Å². The van der Waals surface area contributed by atoms with Gasteiger partial charge in [-0.25, -0.2) is 0 Å². The molecule has 3 heterocycles. The maximum atomic E-state index is 12.4. The van der Waals surface area contributed by atoms with E-state index < -0.39 is 0 Å². The Hall–Kier alpha value is -2.05. The second kappa shape index (κ2) is 6.22. The molecule has 0 saturated carbocycles. The minimum Gasteiger partial charge on any atom is -0.486 e. The normalized spacial score (nSPS) is 19.6. The summed E-state index contributed by atoms with van der Waals surface area (Å²) in [4.78, 5) is 14.4. The van der Waals surface area contributed by atoms with Crippen molar-refractivity contribution in [2.45, 2.75) is 18.9 Å². The van der Waals surface area contributed by atoms with E-state index in [0.29, 0.717) is 30.7 Å². The van der Waals surface area contributed by atoms with Crippen LogP contribution in [0.2, 0.25) is 0 Å². The summed E-state index contributed by atoms with van der Waals surface area (Å²) >= 11 is 1.56. The van der Waals surface area contributed by atoms with Gasteiger partial charge in [0.2, 0.25) is 0 Å². The zero-order valence-corrected chi connectivity index (χ0v) is 13.4. The Morgan fingerprint density at radius 3 is 2.87 bits per heavy atom. The Kier molecular flexibility index (Phi) is 3.93. The highest BCUT2D eigenvalue weighted by Crippen LogP contribution is 2.33. The molecule has 2 aliphatic heterocycles. The van der Waals surface area contributed by atoms with Gasteiger partial charge in [-0.15, -0.1) is 11.3 Å². The molecule has 120 valence electrons. The average Bonchev–Trinajstić information content (AvgIpc) is 3.26. The second-order valence-corrected chi connectivity index (χ2v) is 6.78. The van der Waals surface area contributed by atoms with Crippen LogP contribution in [0.25, 0.3) is 0 Å². The molecule has 6 heteroatoms. The molecule has 1 fully saturated rings. The molecular formula is C17H18N2O3S. The number of carbonyl (C=O) groups is 1. The molecule has 0 aliphatic carbocycles. The second-order valence-electron chi connectivity index (χ2n) is 5.66. The van der Waals surface area contributed by atoms with Crippen molar-refractivity contribution in [1.29, 1.82) is 0 Å². The number of fused-ring (bicyclic) bond motifs is 1. The first kappa shape index (κ1) is 14.5. The Morgan fingerprint density at radius 1 is 1.17 bits per heavy atom. The van der Waals surface area contributed by atoms with Crippen molar-refractivity contribution in [3.05, 3.63) is 40.1 Å². The molecule has 1 saturated heterocycles. The predicted molar refractivity (Wildman–Crippen MR) is 89.7 cm³/mol. The van der Waals surface area contributed by atoms with Gasteiger partial charge in [-0.1, -0.05) is 0 Å². The lowest BCUT2D eigenvalue weighted by Gasteiger charge is -2.18. The fourth-order valence-corrected chi connectivity index (χ4v) is 3.92. The van der Waals surface area contributed by atoms with E-state index in [1.165, 1.54) is 11.3 Å². The number of rotatable bonds is 3. The van der Waals surface area contributed by atoms with Gasteiger partial charge in [-0.3, -0.25) is 4.79 Å². The topological polar surface area (TPSA) is 59.6 Å². The molecule has 1 unspecified atom stereocenters. The summed E-state index contributed by atoms with van der Waals surface area (Å²) in [5.41, 5.74) is 0.716. The molecule has 1 aromatic carbocycles. The van der Waals surface area contributed by atoms with Crippen LogP contribution in [-0.2, 0) is 0 Å². The highest BCUT2D eigenvalue weighted by atomic mass is 32.1. The number of ether oxygens (including phenoxy) is 2. The monoisotopic (exact) mass is 330 g/mol. The van der Waals surface area contributed by atoms with Crippen molar-refractivity contribution >= 4 is 22.9 Å². The molecule has 0 bridgehead atoms. The number of thiophene rings is 1. The molecule has 23 heavy (non-hydrogen) atoms. The Balaban J connectivity index is 1.47. The maximum absolute atomic E-state index is 12.4. The van der Waals surface area contributed by atoms with Crippen molar-refractivity contribution in [1.82, 2.24) is 5.32 Å². The zero-order chi connectivity index (χ0) is 15.6. The third-order valence-corrected chi connectivity index (χ3v) is 5.25. The van der Waals surface area contributed by atoms with Gasteiger partial charge in [0.1, 0.15) is 13.2 Å². The number of benzene rings is 1. The average molecular weight is 330 g/mol. The summed E-state index contributed by atoms with van der Waals surface area (Å²) in [5, 5.41) is 6.39. The maximum Gasteiger partial charge on any atom is 0.265 e. The van der Waals surface area contributed by atoms with Gasteiger partial charge in [-0.2, -0.15) is 0 Å². The Bertz CT molecular complexity index is 722. The third kappa shape index (κ3) is 3.04. The van der Waals surface area contributed by atoms with E-state index in [9.17, 15) is 4.79 Å². The molecule has 0 radical (unpaired) electrons. The number of anilines is 1.